The molecule has 1 heterocycles. The van der Waals surface area contributed by atoms with E-state index >= 15 is 0 Å². The van der Waals surface area contributed by atoms with Gasteiger partial charge in [-0.25, -0.2) is 4.98 Å². The third-order valence-corrected chi connectivity index (χ3v) is 5.21. The third-order valence-electron chi connectivity index (χ3n) is 5.21. The summed E-state index contributed by atoms with van der Waals surface area (Å²) in [5.41, 5.74) is 0.974. The maximum absolute atomic E-state index is 13.4. The molecule has 4 rings (SSSR count). The van der Waals surface area contributed by atoms with Gasteiger partial charge in [0.25, 0.3) is 11.8 Å². The Balaban J connectivity index is 0.00000361. The average molecular weight is 519 g/mol. The summed E-state index contributed by atoms with van der Waals surface area (Å²) < 4.78 is 45.2. The molecule has 0 aliphatic rings. The van der Waals surface area contributed by atoms with Crippen molar-refractivity contribution in [1.29, 1.82) is 0 Å². The molecule has 1 aromatic heterocycles. The van der Waals surface area contributed by atoms with E-state index in [1.54, 1.807) is 12.1 Å². The molecule has 0 fully saturated rings. The molecule has 0 spiro atoms. The highest BCUT2D eigenvalue weighted by molar-refractivity contribution is 6.14. The number of nitrogens with zero attached hydrogens (tertiary/aromatic N) is 1. The van der Waals surface area contributed by atoms with Crippen LogP contribution in [-0.4, -0.2) is 28.9 Å². The molecule has 7 nitrogen and oxygen atoms in total. The molecule has 0 aliphatic heterocycles. The van der Waals surface area contributed by atoms with Crippen LogP contribution in [0, 0.1) is 6.92 Å². The molecule has 0 saturated carbocycles. The van der Waals surface area contributed by atoms with E-state index in [0.29, 0.717) is 22.5 Å². The average Bonchev–Trinajstić information content (AvgIpc) is 3.22. The predicted molar refractivity (Wildman–Crippen MR) is 133 cm³/mol. The summed E-state index contributed by atoms with van der Waals surface area (Å²) in [5.74, 6) is -1.02. The fourth-order valence-electron chi connectivity index (χ4n) is 3.58. The second-order valence-electron chi connectivity index (χ2n) is 7.85. The number of hydrogen-bond acceptors (Lipinski definition) is 4. The molecular formula is C25H22ClF3N4O3. The quantitative estimate of drug-likeness (QED) is 0.293. The number of anilines is 2. The topological polar surface area (TPSA) is 96.1 Å². The molecule has 4 aromatic rings. The fourth-order valence-corrected chi connectivity index (χ4v) is 3.58. The molecule has 3 aromatic carbocycles. The zero-order valence-electron chi connectivity index (χ0n) is 19.2. The molecular weight excluding hydrogens is 497 g/mol. The first kappa shape index (κ1) is 26.7. The molecule has 0 unspecified atom stereocenters. The largest absolute Gasteiger partial charge is 0.417 e. The number of nitrogens with one attached hydrogen (secondary N) is 3. The van der Waals surface area contributed by atoms with Crippen molar-refractivity contribution in [2.45, 2.75) is 19.7 Å². The number of aromatic amines is 1. The minimum absolute atomic E-state index is 0. The lowest BCUT2D eigenvalue weighted by Crippen LogP contribution is -2.19. The van der Waals surface area contributed by atoms with Gasteiger partial charge in [-0.2, -0.15) is 13.2 Å². The Labute approximate surface area is 210 Å². The Morgan fingerprint density at radius 2 is 1.58 bits per heavy atom. The molecule has 2 amide bonds. The number of aromatic nitrogens is 2. The van der Waals surface area contributed by atoms with Crippen LogP contribution in [0.4, 0.5) is 24.5 Å². The molecule has 0 aliphatic carbocycles. The van der Waals surface area contributed by atoms with Gasteiger partial charge in [-0.15, -0.1) is 12.4 Å². The molecule has 0 radical (unpaired) electrons. The zero-order valence-corrected chi connectivity index (χ0v) is 20.0. The Morgan fingerprint density at radius 3 is 2.25 bits per heavy atom. The van der Waals surface area contributed by atoms with Crippen molar-refractivity contribution in [3.8, 4) is 0 Å². The van der Waals surface area contributed by atoms with Crippen LogP contribution in [0.3, 0.4) is 0 Å². The fraction of sp³-hybridized carbons (Fsp3) is 0.160. The number of benzene rings is 3. The van der Waals surface area contributed by atoms with Crippen LogP contribution >= 0.6 is 12.4 Å². The van der Waals surface area contributed by atoms with Crippen molar-refractivity contribution < 1.29 is 27.5 Å². The van der Waals surface area contributed by atoms with E-state index < -0.39 is 29.1 Å². The number of aryl methyl sites for hydroxylation is 1. The Morgan fingerprint density at radius 1 is 0.944 bits per heavy atom. The lowest BCUT2D eigenvalue weighted by molar-refractivity contribution is -0.137. The Bertz CT molecular complexity index is 1400. The van der Waals surface area contributed by atoms with Crippen molar-refractivity contribution in [3.63, 3.8) is 0 Å². The number of carbonyl (C=O) groups is 2. The summed E-state index contributed by atoms with van der Waals surface area (Å²) in [5, 5.41) is 5.25. The number of methoxy groups -OCH3 is 1. The van der Waals surface area contributed by atoms with Gasteiger partial charge in [0.2, 0.25) is 0 Å². The van der Waals surface area contributed by atoms with Crippen molar-refractivity contribution in [1.82, 2.24) is 9.97 Å². The number of ether oxygens (including phenoxy) is 1. The molecule has 0 bridgehead atoms. The first-order valence-corrected chi connectivity index (χ1v) is 10.5. The molecule has 0 atom stereocenters. The number of amides is 2. The van der Waals surface area contributed by atoms with E-state index in [-0.39, 0.29) is 30.3 Å². The highest BCUT2D eigenvalue weighted by Crippen LogP contribution is 2.32. The van der Waals surface area contributed by atoms with Crippen molar-refractivity contribution >= 4 is 46.6 Å². The van der Waals surface area contributed by atoms with Crippen molar-refractivity contribution in [3.05, 3.63) is 88.7 Å². The van der Waals surface area contributed by atoms with E-state index in [0.717, 1.165) is 17.7 Å². The normalized spacial score (nSPS) is 11.1. The van der Waals surface area contributed by atoms with Gasteiger partial charge in [-0.05, 0) is 43.3 Å². The summed E-state index contributed by atoms with van der Waals surface area (Å²) in [4.78, 5) is 33.3. The summed E-state index contributed by atoms with van der Waals surface area (Å²) in [6.45, 7) is 2.06. The summed E-state index contributed by atoms with van der Waals surface area (Å²) in [6, 6.07) is 14.5. The zero-order chi connectivity index (χ0) is 25.2. The molecule has 36 heavy (non-hydrogen) atoms. The summed E-state index contributed by atoms with van der Waals surface area (Å²) >= 11 is 0. The monoisotopic (exact) mass is 518 g/mol. The number of imidazole rings is 1. The number of fused-ring (bicyclic) bond motifs is 1. The smallest absolute Gasteiger partial charge is 0.377 e. The maximum Gasteiger partial charge on any atom is 0.417 e. The Kier molecular flexibility index (Phi) is 8.01. The van der Waals surface area contributed by atoms with Crippen molar-refractivity contribution in [2.75, 3.05) is 17.7 Å². The van der Waals surface area contributed by atoms with Gasteiger partial charge < -0.3 is 20.4 Å². The third kappa shape index (κ3) is 5.84. The van der Waals surface area contributed by atoms with Crippen LogP contribution in [0.5, 0.6) is 0 Å². The van der Waals surface area contributed by atoms with Gasteiger partial charge in [0.1, 0.15) is 17.9 Å². The summed E-state index contributed by atoms with van der Waals surface area (Å²) in [6.07, 6.45) is -4.70. The lowest BCUT2D eigenvalue weighted by atomic mass is 10.1. The second kappa shape index (κ2) is 10.8. The van der Waals surface area contributed by atoms with Crippen LogP contribution in [-0.2, 0) is 17.5 Å². The van der Waals surface area contributed by atoms with Gasteiger partial charge in [0.15, 0.2) is 0 Å². The van der Waals surface area contributed by atoms with Gasteiger partial charge in [0, 0.05) is 18.5 Å². The highest BCUT2D eigenvalue weighted by Gasteiger charge is 2.35. The van der Waals surface area contributed by atoms with Gasteiger partial charge in [0.05, 0.1) is 22.2 Å². The van der Waals surface area contributed by atoms with Gasteiger partial charge in [-0.1, -0.05) is 29.8 Å². The number of hydrogen-bond donors (Lipinski definition) is 3. The predicted octanol–water partition coefficient (Wildman–Crippen LogP) is 5.96. The maximum atomic E-state index is 13.4. The van der Waals surface area contributed by atoms with Gasteiger partial charge >= 0.3 is 6.18 Å². The number of alkyl halides is 3. The minimum Gasteiger partial charge on any atom is -0.377 e. The van der Waals surface area contributed by atoms with E-state index in [1.807, 2.05) is 19.1 Å². The first-order chi connectivity index (χ1) is 16.7. The minimum atomic E-state index is -4.70. The number of halogens is 4. The number of rotatable bonds is 6. The molecule has 0 saturated heterocycles. The SMILES string of the molecule is COCc1nc2c(C(=O)Nc3ccc(C)cc3)cc(NC(=O)c3ccccc3C(F)(F)F)cc2[nH]1.Cl. The second-order valence-corrected chi connectivity index (χ2v) is 7.85. The van der Waals surface area contributed by atoms with E-state index in [4.69, 9.17) is 4.74 Å². The van der Waals surface area contributed by atoms with E-state index in [9.17, 15) is 22.8 Å². The van der Waals surface area contributed by atoms with Gasteiger partial charge in [-0.3, -0.25) is 9.59 Å². The number of carbonyl (C=O) groups excluding carboxylic acids is 2. The molecule has 188 valence electrons. The van der Waals surface area contributed by atoms with E-state index in [2.05, 4.69) is 20.6 Å². The first-order valence-electron chi connectivity index (χ1n) is 10.5. The van der Waals surface area contributed by atoms with Crippen LogP contribution < -0.4 is 10.6 Å². The molecule has 11 heteroatoms. The van der Waals surface area contributed by atoms with Crippen LogP contribution in [0.1, 0.15) is 37.7 Å². The van der Waals surface area contributed by atoms with Crippen LogP contribution in [0.15, 0.2) is 60.7 Å². The lowest BCUT2D eigenvalue weighted by Gasteiger charge is -2.13. The van der Waals surface area contributed by atoms with Crippen LogP contribution in [0.25, 0.3) is 11.0 Å². The Hall–Kier alpha value is -3.89. The molecule has 3 N–H and O–H groups in total. The standard InChI is InChI=1S/C25H21F3N4O3.ClH/c1-14-7-9-15(10-8-14)29-24(34)18-11-16(12-20-22(18)32-21(31-20)13-35-2)30-23(33)17-5-3-4-6-19(17)25(26,27)28;/h3-12H,13H2,1-2H3,(H,29,34)(H,30,33)(H,31,32);1H. The van der Waals surface area contributed by atoms with E-state index in [1.165, 1.54) is 31.4 Å². The van der Waals surface area contributed by atoms with Crippen molar-refractivity contribution in [2.24, 2.45) is 0 Å². The number of H-pyrrole nitrogens is 1. The highest BCUT2D eigenvalue weighted by atomic mass is 35.5. The van der Waals surface area contributed by atoms with Crippen LogP contribution in [0.2, 0.25) is 0 Å². The summed E-state index contributed by atoms with van der Waals surface area (Å²) in [7, 11) is 1.49.